The van der Waals surface area contributed by atoms with Crippen LogP contribution < -0.4 is 4.74 Å². The number of carbonyl (C=O) groups excluding carboxylic acids is 2. The first kappa shape index (κ1) is 22.8. The van der Waals surface area contributed by atoms with Crippen molar-refractivity contribution in [3.63, 3.8) is 0 Å². The van der Waals surface area contributed by atoms with Gasteiger partial charge in [-0.25, -0.2) is 4.79 Å². The number of aromatic carboxylic acids is 1. The number of aryl methyl sites for hydroxylation is 1. The molecular formula is C27H23NO6. The van der Waals surface area contributed by atoms with Crippen LogP contribution in [0.25, 0.3) is 5.76 Å². The first-order chi connectivity index (χ1) is 16.3. The number of benzene rings is 3. The second kappa shape index (κ2) is 9.23. The van der Waals surface area contributed by atoms with Crippen molar-refractivity contribution in [2.45, 2.75) is 19.5 Å². The molecule has 1 saturated heterocycles. The number of Topliss-reactive ketones (excluding diaryl/α,β-unsaturated/α-hetero) is 1. The third-order valence-corrected chi connectivity index (χ3v) is 5.83. The fraction of sp³-hybridized carbons (Fsp3) is 0.148. The summed E-state index contributed by atoms with van der Waals surface area (Å²) in [4.78, 5) is 38.8. The first-order valence-electron chi connectivity index (χ1n) is 10.6. The first-order valence-corrected chi connectivity index (χ1v) is 10.6. The highest BCUT2D eigenvalue weighted by Crippen LogP contribution is 2.41. The lowest BCUT2D eigenvalue weighted by molar-refractivity contribution is -0.140. The maximum atomic E-state index is 13.2. The molecule has 0 aromatic heterocycles. The Morgan fingerprint density at radius 2 is 1.59 bits per heavy atom. The molecule has 7 heteroatoms. The van der Waals surface area contributed by atoms with Crippen LogP contribution in [0.4, 0.5) is 0 Å². The van der Waals surface area contributed by atoms with Crippen molar-refractivity contribution in [1.82, 2.24) is 4.90 Å². The monoisotopic (exact) mass is 457 g/mol. The van der Waals surface area contributed by atoms with Gasteiger partial charge in [-0.1, -0.05) is 54.1 Å². The Morgan fingerprint density at radius 3 is 2.21 bits per heavy atom. The summed E-state index contributed by atoms with van der Waals surface area (Å²) in [6, 6.07) is 19.3. The van der Waals surface area contributed by atoms with Crippen LogP contribution in [0.5, 0.6) is 5.75 Å². The lowest BCUT2D eigenvalue weighted by atomic mass is 9.94. The van der Waals surface area contributed by atoms with Crippen LogP contribution in [0.3, 0.4) is 0 Å². The van der Waals surface area contributed by atoms with Crippen LogP contribution in [0.1, 0.15) is 38.7 Å². The van der Waals surface area contributed by atoms with E-state index in [1.54, 1.807) is 48.5 Å². The summed E-state index contributed by atoms with van der Waals surface area (Å²) in [5.41, 5.74) is 2.79. The van der Waals surface area contributed by atoms with Gasteiger partial charge in [0, 0.05) is 12.1 Å². The smallest absolute Gasteiger partial charge is 0.335 e. The molecule has 3 aromatic carbocycles. The van der Waals surface area contributed by atoms with Crippen molar-refractivity contribution < 1.29 is 29.3 Å². The number of carboxylic acids is 1. The van der Waals surface area contributed by atoms with Gasteiger partial charge in [-0.05, 0) is 42.3 Å². The Balaban J connectivity index is 1.83. The average Bonchev–Trinajstić information content (AvgIpc) is 3.09. The van der Waals surface area contributed by atoms with E-state index in [0.717, 1.165) is 5.56 Å². The molecular weight excluding hydrogens is 434 g/mol. The molecule has 1 aliphatic rings. The Kier molecular flexibility index (Phi) is 6.19. The highest BCUT2D eigenvalue weighted by atomic mass is 16.5. The van der Waals surface area contributed by atoms with Gasteiger partial charge < -0.3 is 19.8 Å². The molecule has 1 heterocycles. The SMILES string of the molecule is COc1cccc(C2/C(=C(\O)c3ccc(C)cc3)C(=O)C(=O)N2Cc2ccc(C(=O)O)cc2)c1. The van der Waals surface area contributed by atoms with E-state index < -0.39 is 23.7 Å². The lowest BCUT2D eigenvalue weighted by Crippen LogP contribution is -2.29. The number of ether oxygens (including phenoxy) is 1. The number of nitrogens with zero attached hydrogens (tertiary/aromatic N) is 1. The lowest BCUT2D eigenvalue weighted by Gasteiger charge is -2.26. The van der Waals surface area contributed by atoms with Crippen molar-refractivity contribution in [3.8, 4) is 5.75 Å². The van der Waals surface area contributed by atoms with Crippen molar-refractivity contribution in [2.75, 3.05) is 7.11 Å². The molecule has 0 saturated carbocycles. The molecule has 172 valence electrons. The summed E-state index contributed by atoms with van der Waals surface area (Å²) < 4.78 is 5.33. The minimum Gasteiger partial charge on any atom is -0.507 e. The Hall–Kier alpha value is -4.39. The van der Waals surface area contributed by atoms with Crippen LogP contribution in [-0.2, 0) is 16.1 Å². The molecule has 3 aromatic rings. The molecule has 4 rings (SSSR count). The number of carboxylic acid groups (broad SMARTS) is 1. The third kappa shape index (κ3) is 4.28. The standard InChI is InChI=1S/C27H23NO6/c1-16-6-10-18(11-7-16)24(29)22-23(20-4-3-5-21(14-20)34-2)28(26(31)25(22)30)15-17-8-12-19(13-9-17)27(32)33/h3-14,23,29H,15H2,1-2H3,(H,32,33)/b24-22+. The fourth-order valence-electron chi connectivity index (χ4n) is 4.02. The summed E-state index contributed by atoms with van der Waals surface area (Å²) in [6.07, 6.45) is 0. The molecule has 0 spiro atoms. The zero-order valence-corrected chi connectivity index (χ0v) is 18.7. The van der Waals surface area contributed by atoms with Gasteiger partial charge in [0.15, 0.2) is 0 Å². The number of carbonyl (C=O) groups is 3. The summed E-state index contributed by atoms with van der Waals surface area (Å²) in [5.74, 6) is -2.29. The second-order valence-electron chi connectivity index (χ2n) is 8.07. The van der Waals surface area contributed by atoms with Gasteiger partial charge in [0.25, 0.3) is 11.7 Å². The van der Waals surface area contributed by atoms with Crippen molar-refractivity contribution >= 4 is 23.4 Å². The number of methoxy groups -OCH3 is 1. The van der Waals surface area contributed by atoms with E-state index in [4.69, 9.17) is 9.84 Å². The van der Waals surface area contributed by atoms with Gasteiger partial charge in [0.05, 0.1) is 24.3 Å². The van der Waals surface area contributed by atoms with Gasteiger partial charge in [0.1, 0.15) is 11.5 Å². The predicted octanol–water partition coefficient (Wildman–Crippen LogP) is 4.32. The van der Waals surface area contributed by atoms with Crippen LogP contribution in [0.15, 0.2) is 78.4 Å². The molecule has 0 radical (unpaired) electrons. The minimum absolute atomic E-state index is 0.00994. The van der Waals surface area contributed by atoms with Gasteiger partial charge in [-0.2, -0.15) is 0 Å². The normalized spacial score (nSPS) is 17.1. The van der Waals surface area contributed by atoms with Gasteiger partial charge >= 0.3 is 5.97 Å². The van der Waals surface area contributed by atoms with E-state index in [1.807, 2.05) is 19.1 Å². The van der Waals surface area contributed by atoms with Crippen molar-refractivity contribution in [1.29, 1.82) is 0 Å². The van der Waals surface area contributed by atoms with Gasteiger partial charge in [-0.3, -0.25) is 9.59 Å². The summed E-state index contributed by atoms with van der Waals surface area (Å²) >= 11 is 0. The maximum absolute atomic E-state index is 13.2. The number of hydrogen-bond donors (Lipinski definition) is 2. The number of aliphatic hydroxyl groups excluding tert-OH is 1. The molecule has 1 atom stereocenters. The van der Waals surface area contributed by atoms with Crippen molar-refractivity contribution in [3.05, 3.63) is 106 Å². The molecule has 1 amide bonds. The fourth-order valence-corrected chi connectivity index (χ4v) is 4.02. The minimum atomic E-state index is -1.05. The molecule has 1 unspecified atom stereocenters. The maximum Gasteiger partial charge on any atom is 0.335 e. The summed E-state index contributed by atoms with van der Waals surface area (Å²) in [5, 5.41) is 20.3. The second-order valence-corrected chi connectivity index (χ2v) is 8.07. The molecule has 7 nitrogen and oxygen atoms in total. The third-order valence-electron chi connectivity index (χ3n) is 5.83. The van der Waals surface area contributed by atoms with Gasteiger partial charge in [0.2, 0.25) is 0 Å². The van der Waals surface area contributed by atoms with E-state index in [1.165, 1.54) is 24.1 Å². The van der Waals surface area contributed by atoms with Crippen molar-refractivity contribution in [2.24, 2.45) is 0 Å². The zero-order chi connectivity index (χ0) is 24.4. The van der Waals surface area contributed by atoms with Crippen LogP contribution in [0, 0.1) is 6.92 Å². The van der Waals surface area contributed by atoms with Crippen LogP contribution in [0.2, 0.25) is 0 Å². The number of ketones is 1. The van der Waals surface area contributed by atoms with Crippen LogP contribution in [-0.4, -0.2) is 39.9 Å². The summed E-state index contributed by atoms with van der Waals surface area (Å²) in [6.45, 7) is 1.96. The summed E-state index contributed by atoms with van der Waals surface area (Å²) in [7, 11) is 1.52. The molecule has 1 aliphatic heterocycles. The zero-order valence-electron chi connectivity index (χ0n) is 18.7. The van der Waals surface area contributed by atoms with Gasteiger partial charge in [-0.15, -0.1) is 0 Å². The van der Waals surface area contributed by atoms with E-state index in [-0.39, 0.29) is 23.4 Å². The van der Waals surface area contributed by atoms with Crippen LogP contribution >= 0.6 is 0 Å². The molecule has 0 bridgehead atoms. The number of likely N-dealkylation sites (tertiary alicyclic amines) is 1. The Bertz CT molecular complexity index is 1290. The Morgan fingerprint density at radius 1 is 0.941 bits per heavy atom. The highest BCUT2D eigenvalue weighted by Gasteiger charge is 2.46. The number of aliphatic hydroxyl groups is 1. The number of hydrogen-bond acceptors (Lipinski definition) is 5. The average molecular weight is 457 g/mol. The topological polar surface area (TPSA) is 104 Å². The van der Waals surface area contributed by atoms with E-state index in [0.29, 0.717) is 22.4 Å². The largest absolute Gasteiger partial charge is 0.507 e. The molecule has 0 aliphatic carbocycles. The quantitative estimate of drug-likeness (QED) is 0.325. The molecule has 34 heavy (non-hydrogen) atoms. The number of rotatable bonds is 6. The molecule has 1 fully saturated rings. The highest BCUT2D eigenvalue weighted by molar-refractivity contribution is 6.46. The molecule has 2 N–H and O–H groups in total. The Labute approximate surface area is 196 Å². The van der Waals surface area contributed by atoms with E-state index >= 15 is 0 Å². The predicted molar refractivity (Wildman–Crippen MR) is 125 cm³/mol. The van der Waals surface area contributed by atoms with E-state index in [9.17, 15) is 19.5 Å². The van der Waals surface area contributed by atoms with E-state index in [2.05, 4.69) is 0 Å². The number of amides is 1.